The maximum absolute atomic E-state index is 11.7. The number of rotatable bonds is 3. The third kappa shape index (κ3) is 4.14. The van der Waals surface area contributed by atoms with Crippen molar-refractivity contribution in [1.82, 2.24) is 4.90 Å². The molecule has 0 radical (unpaired) electrons. The van der Waals surface area contributed by atoms with Crippen LogP contribution in [-0.2, 0) is 6.42 Å². The van der Waals surface area contributed by atoms with E-state index in [0.29, 0.717) is 0 Å². The Labute approximate surface area is 118 Å². The summed E-state index contributed by atoms with van der Waals surface area (Å²) in [5.74, 6) is 0. The molecule has 0 spiro atoms. The van der Waals surface area contributed by atoms with Gasteiger partial charge in [-0.05, 0) is 41.4 Å². The summed E-state index contributed by atoms with van der Waals surface area (Å²) in [6, 6.07) is 18.5. The van der Waals surface area contributed by atoms with Crippen LogP contribution in [0.15, 0.2) is 59.5 Å². The lowest BCUT2D eigenvalue weighted by molar-refractivity contribution is 0.241. The lowest BCUT2D eigenvalue weighted by Crippen LogP contribution is -2.15. The number of nitrogens with zero attached hydrogens (tertiary/aromatic N) is 1. The molecule has 2 rings (SSSR count). The van der Waals surface area contributed by atoms with Gasteiger partial charge in [-0.15, -0.1) is 0 Å². The highest BCUT2D eigenvalue weighted by molar-refractivity contribution is 8.13. The van der Waals surface area contributed by atoms with Gasteiger partial charge in [-0.1, -0.05) is 42.5 Å². The number of amides is 1. The van der Waals surface area contributed by atoms with Gasteiger partial charge >= 0.3 is 0 Å². The van der Waals surface area contributed by atoms with E-state index < -0.39 is 0 Å². The second kappa shape index (κ2) is 6.43. The first-order valence-corrected chi connectivity index (χ1v) is 6.99. The zero-order valence-electron chi connectivity index (χ0n) is 11.2. The molecule has 2 aromatic carbocycles. The molecule has 98 valence electrons. The van der Waals surface area contributed by atoms with Crippen LogP contribution in [0.4, 0.5) is 4.79 Å². The zero-order valence-corrected chi connectivity index (χ0v) is 12.0. The molecule has 0 atom stereocenters. The van der Waals surface area contributed by atoms with Crippen LogP contribution in [0.5, 0.6) is 0 Å². The molecule has 0 aliphatic heterocycles. The highest BCUT2D eigenvalue weighted by atomic mass is 32.2. The average Bonchev–Trinajstić information content (AvgIpc) is 2.40. The van der Waals surface area contributed by atoms with Crippen molar-refractivity contribution in [2.45, 2.75) is 11.3 Å². The second-order valence-corrected chi connectivity index (χ2v) is 5.60. The molecule has 19 heavy (non-hydrogen) atoms. The first-order chi connectivity index (χ1) is 9.15. The van der Waals surface area contributed by atoms with E-state index in [0.717, 1.165) is 11.3 Å². The van der Waals surface area contributed by atoms with Gasteiger partial charge in [0, 0.05) is 19.0 Å². The highest BCUT2D eigenvalue weighted by Crippen LogP contribution is 2.22. The van der Waals surface area contributed by atoms with Gasteiger partial charge in [0.25, 0.3) is 5.24 Å². The minimum absolute atomic E-state index is 0.0526. The maximum Gasteiger partial charge on any atom is 0.285 e. The monoisotopic (exact) mass is 271 g/mol. The Kier molecular flexibility index (Phi) is 4.63. The summed E-state index contributed by atoms with van der Waals surface area (Å²) in [6.45, 7) is 0. The van der Waals surface area contributed by atoms with Crippen molar-refractivity contribution < 1.29 is 4.79 Å². The molecule has 0 aliphatic carbocycles. The van der Waals surface area contributed by atoms with Gasteiger partial charge in [-0.2, -0.15) is 0 Å². The lowest BCUT2D eigenvalue weighted by atomic mass is 10.1. The molecule has 0 saturated heterocycles. The first-order valence-electron chi connectivity index (χ1n) is 6.17. The molecule has 0 saturated carbocycles. The molecule has 0 N–H and O–H groups in total. The van der Waals surface area contributed by atoms with E-state index in [1.54, 1.807) is 19.0 Å². The predicted molar refractivity (Wildman–Crippen MR) is 80.6 cm³/mol. The van der Waals surface area contributed by atoms with Crippen molar-refractivity contribution in [3.05, 3.63) is 65.7 Å². The minimum atomic E-state index is 0.0526. The largest absolute Gasteiger partial charge is 0.339 e. The molecule has 0 unspecified atom stereocenters. The van der Waals surface area contributed by atoms with Crippen molar-refractivity contribution >= 4 is 17.0 Å². The summed E-state index contributed by atoms with van der Waals surface area (Å²) in [6.07, 6.45) is 0.894. The zero-order chi connectivity index (χ0) is 13.7. The molecule has 0 bridgehead atoms. The maximum atomic E-state index is 11.7. The van der Waals surface area contributed by atoms with E-state index in [2.05, 4.69) is 24.3 Å². The number of hydrogen-bond donors (Lipinski definition) is 0. The quantitative estimate of drug-likeness (QED) is 0.785. The molecular weight excluding hydrogens is 254 g/mol. The summed E-state index contributed by atoms with van der Waals surface area (Å²) in [4.78, 5) is 14.3. The molecule has 0 heterocycles. The van der Waals surface area contributed by atoms with E-state index >= 15 is 0 Å². The topological polar surface area (TPSA) is 20.3 Å². The number of benzene rings is 2. The predicted octanol–water partition coefficient (Wildman–Crippen LogP) is 4.05. The molecule has 0 fully saturated rings. The van der Waals surface area contributed by atoms with Crippen LogP contribution >= 0.6 is 11.8 Å². The Morgan fingerprint density at radius 2 is 1.68 bits per heavy atom. The average molecular weight is 271 g/mol. The van der Waals surface area contributed by atoms with Gasteiger partial charge in [0.1, 0.15) is 0 Å². The van der Waals surface area contributed by atoms with Crippen LogP contribution < -0.4 is 0 Å². The van der Waals surface area contributed by atoms with Gasteiger partial charge in [0.2, 0.25) is 0 Å². The molecule has 2 aromatic rings. The Bertz CT molecular complexity index is 552. The van der Waals surface area contributed by atoms with Gasteiger partial charge in [0.05, 0.1) is 0 Å². The van der Waals surface area contributed by atoms with E-state index in [9.17, 15) is 4.79 Å². The van der Waals surface area contributed by atoms with E-state index in [4.69, 9.17) is 0 Å². The molecular formula is C16H17NOS. The number of thioether (sulfide) groups is 1. The fourth-order valence-corrected chi connectivity index (χ4v) is 2.48. The molecule has 2 nitrogen and oxygen atoms in total. The van der Waals surface area contributed by atoms with Crippen LogP contribution in [0.1, 0.15) is 11.1 Å². The molecule has 0 aromatic heterocycles. The van der Waals surface area contributed by atoms with Crippen LogP contribution in [0.25, 0.3) is 0 Å². The molecule has 3 heteroatoms. The number of carbonyl (C=O) groups excluding carboxylic acids is 1. The van der Waals surface area contributed by atoms with Crippen LogP contribution in [0.2, 0.25) is 0 Å². The molecule has 1 amide bonds. The summed E-state index contributed by atoms with van der Waals surface area (Å²) < 4.78 is 0. The third-order valence-electron chi connectivity index (χ3n) is 2.72. The lowest BCUT2D eigenvalue weighted by Gasteiger charge is -2.10. The Morgan fingerprint density at radius 3 is 2.37 bits per heavy atom. The fourth-order valence-electron chi connectivity index (χ4n) is 1.74. The standard InChI is InChI=1S/C16H17NOS/c1-17(2)16(18)19-15-10-6-9-14(12-15)11-13-7-4-3-5-8-13/h3-10,12H,11H2,1-2H3. The SMILES string of the molecule is CN(C)C(=O)Sc1cccc(Cc2ccccc2)c1. The van der Waals surface area contributed by atoms with Crippen molar-refractivity contribution in [2.75, 3.05) is 14.1 Å². The van der Waals surface area contributed by atoms with Crippen LogP contribution in [-0.4, -0.2) is 24.2 Å². The van der Waals surface area contributed by atoms with Gasteiger partial charge in [-0.3, -0.25) is 4.79 Å². The third-order valence-corrected chi connectivity index (χ3v) is 3.75. The van der Waals surface area contributed by atoms with Gasteiger partial charge in [-0.25, -0.2) is 0 Å². The van der Waals surface area contributed by atoms with Crippen molar-refractivity contribution in [2.24, 2.45) is 0 Å². The van der Waals surface area contributed by atoms with E-state index in [1.807, 2.05) is 30.3 Å². The summed E-state index contributed by atoms with van der Waals surface area (Å²) in [7, 11) is 3.53. The normalized spacial score (nSPS) is 10.2. The Balaban J connectivity index is 2.09. The van der Waals surface area contributed by atoms with E-state index in [1.165, 1.54) is 22.9 Å². The summed E-state index contributed by atoms with van der Waals surface area (Å²) in [5.41, 5.74) is 2.51. The van der Waals surface area contributed by atoms with Crippen molar-refractivity contribution in [3.63, 3.8) is 0 Å². The van der Waals surface area contributed by atoms with Crippen LogP contribution in [0, 0.1) is 0 Å². The minimum Gasteiger partial charge on any atom is -0.339 e. The number of carbonyl (C=O) groups is 1. The highest BCUT2D eigenvalue weighted by Gasteiger charge is 2.07. The van der Waals surface area contributed by atoms with Crippen LogP contribution in [0.3, 0.4) is 0 Å². The summed E-state index contributed by atoms with van der Waals surface area (Å²) in [5, 5.41) is 0.0526. The Morgan fingerprint density at radius 1 is 1.00 bits per heavy atom. The summed E-state index contributed by atoms with van der Waals surface area (Å²) >= 11 is 1.26. The van der Waals surface area contributed by atoms with Crippen molar-refractivity contribution in [3.8, 4) is 0 Å². The molecule has 0 aliphatic rings. The smallest absolute Gasteiger partial charge is 0.285 e. The fraction of sp³-hybridized carbons (Fsp3) is 0.188. The number of hydrogen-bond acceptors (Lipinski definition) is 2. The Hall–Kier alpha value is -1.74. The first kappa shape index (κ1) is 13.7. The van der Waals surface area contributed by atoms with Gasteiger partial charge < -0.3 is 4.90 Å². The van der Waals surface area contributed by atoms with E-state index in [-0.39, 0.29) is 5.24 Å². The van der Waals surface area contributed by atoms with Crippen molar-refractivity contribution in [1.29, 1.82) is 0 Å². The second-order valence-electron chi connectivity index (χ2n) is 4.57. The van der Waals surface area contributed by atoms with Gasteiger partial charge in [0.15, 0.2) is 0 Å².